The van der Waals surface area contributed by atoms with Crippen molar-refractivity contribution in [2.24, 2.45) is 0 Å². The summed E-state index contributed by atoms with van der Waals surface area (Å²) in [5.74, 6) is 0.211. The van der Waals surface area contributed by atoms with Crippen LogP contribution < -0.4 is 0 Å². The van der Waals surface area contributed by atoms with Crippen LogP contribution >= 0.6 is 0 Å². The second kappa shape index (κ2) is 3.79. The molecule has 1 nitrogen and oxygen atoms in total. The van der Waals surface area contributed by atoms with Crippen molar-refractivity contribution in [2.45, 2.75) is 26.2 Å². The summed E-state index contributed by atoms with van der Waals surface area (Å²) >= 11 is 0. The minimum absolute atomic E-state index is 0.211. The van der Waals surface area contributed by atoms with E-state index < -0.39 is 0 Å². The molecule has 1 aromatic carbocycles. The van der Waals surface area contributed by atoms with Gasteiger partial charge in [-0.15, -0.1) is 0 Å². The smallest absolute Gasteiger partial charge is 0.188 e. The second-order valence-electron chi connectivity index (χ2n) is 3.82. The van der Waals surface area contributed by atoms with Crippen LogP contribution in [0.15, 0.2) is 35.9 Å². The maximum absolute atomic E-state index is 11.9. The van der Waals surface area contributed by atoms with E-state index in [-0.39, 0.29) is 5.78 Å². The topological polar surface area (TPSA) is 17.1 Å². The number of allylic oxidation sites excluding steroid dienone is 2. The Morgan fingerprint density at radius 3 is 2.50 bits per heavy atom. The zero-order valence-electron chi connectivity index (χ0n) is 8.42. The van der Waals surface area contributed by atoms with E-state index in [1.807, 2.05) is 31.2 Å². The molecule has 0 aliphatic heterocycles. The molecule has 0 N–H and O–H groups in total. The third kappa shape index (κ3) is 1.77. The quantitative estimate of drug-likeness (QED) is 0.648. The molecule has 2 rings (SSSR count). The van der Waals surface area contributed by atoms with Gasteiger partial charge in [-0.2, -0.15) is 0 Å². The Balaban J connectivity index is 2.22. The molecule has 0 amide bonds. The van der Waals surface area contributed by atoms with E-state index in [9.17, 15) is 4.79 Å². The molecule has 1 aromatic rings. The van der Waals surface area contributed by atoms with Crippen molar-refractivity contribution >= 4 is 5.78 Å². The van der Waals surface area contributed by atoms with Gasteiger partial charge in [-0.3, -0.25) is 4.79 Å². The van der Waals surface area contributed by atoms with Crippen molar-refractivity contribution in [3.05, 3.63) is 47.0 Å². The van der Waals surface area contributed by atoms with Crippen molar-refractivity contribution in [1.29, 1.82) is 0 Å². The van der Waals surface area contributed by atoms with Crippen LogP contribution in [0, 0.1) is 6.92 Å². The standard InChI is InChI=1S/C13H14O/c1-10-6-8-12(9-7-10)13(14)11-4-2-3-5-11/h4,6-9H,2-3,5H2,1H3. The molecule has 0 fully saturated rings. The molecule has 1 aliphatic carbocycles. The van der Waals surface area contributed by atoms with Crippen molar-refractivity contribution in [3.8, 4) is 0 Å². The number of carbonyl (C=O) groups is 1. The highest BCUT2D eigenvalue weighted by Crippen LogP contribution is 2.21. The summed E-state index contributed by atoms with van der Waals surface area (Å²) in [4.78, 5) is 11.9. The van der Waals surface area contributed by atoms with Crippen LogP contribution in [-0.4, -0.2) is 5.78 Å². The molecule has 0 atom stereocenters. The first-order chi connectivity index (χ1) is 6.77. The van der Waals surface area contributed by atoms with E-state index in [1.165, 1.54) is 5.56 Å². The van der Waals surface area contributed by atoms with Crippen LogP contribution in [0.25, 0.3) is 0 Å². The van der Waals surface area contributed by atoms with Gasteiger partial charge in [-0.25, -0.2) is 0 Å². The van der Waals surface area contributed by atoms with Crippen molar-refractivity contribution < 1.29 is 4.79 Å². The number of benzene rings is 1. The predicted octanol–water partition coefficient (Wildman–Crippen LogP) is 3.29. The van der Waals surface area contributed by atoms with Crippen molar-refractivity contribution in [1.82, 2.24) is 0 Å². The van der Waals surface area contributed by atoms with Crippen molar-refractivity contribution in [2.75, 3.05) is 0 Å². The van der Waals surface area contributed by atoms with Gasteiger partial charge in [0, 0.05) is 5.56 Å². The first-order valence-corrected chi connectivity index (χ1v) is 5.08. The van der Waals surface area contributed by atoms with E-state index in [1.54, 1.807) is 0 Å². The molecular weight excluding hydrogens is 172 g/mol. The lowest BCUT2D eigenvalue weighted by molar-refractivity contribution is 0.103. The number of Topliss-reactive ketones (excluding diaryl/α,β-unsaturated/α-hetero) is 1. The molecular formula is C13H14O. The summed E-state index contributed by atoms with van der Waals surface area (Å²) in [6.07, 6.45) is 5.22. The van der Waals surface area contributed by atoms with Gasteiger partial charge in [0.05, 0.1) is 0 Å². The highest BCUT2D eigenvalue weighted by atomic mass is 16.1. The van der Waals surface area contributed by atoms with Gasteiger partial charge < -0.3 is 0 Å². The Kier molecular flexibility index (Phi) is 2.49. The van der Waals surface area contributed by atoms with Crippen molar-refractivity contribution in [3.63, 3.8) is 0 Å². The zero-order valence-corrected chi connectivity index (χ0v) is 8.42. The fourth-order valence-electron chi connectivity index (χ4n) is 1.77. The van der Waals surface area contributed by atoms with Crippen LogP contribution in [0.4, 0.5) is 0 Å². The number of aryl methyl sites for hydroxylation is 1. The maximum atomic E-state index is 11.9. The Labute approximate surface area is 84.5 Å². The summed E-state index contributed by atoms with van der Waals surface area (Å²) in [6.45, 7) is 2.03. The van der Waals surface area contributed by atoms with Gasteiger partial charge in [-0.1, -0.05) is 35.9 Å². The van der Waals surface area contributed by atoms with E-state index >= 15 is 0 Å². The third-order valence-electron chi connectivity index (χ3n) is 2.65. The van der Waals surface area contributed by atoms with E-state index in [0.29, 0.717) is 0 Å². The molecule has 0 heterocycles. The summed E-state index contributed by atoms with van der Waals surface area (Å²) < 4.78 is 0. The Bertz CT molecular complexity index is 371. The molecule has 1 aliphatic rings. The molecule has 0 saturated heterocycles. The average molecular weight is 186 g/mol. The molecule has 0 aromatic heterocycles. The summed E-state index contributed by atoms with van der Waals surface area (Å²) in [7, 11) is 0. The third-order valence-corrected chi connectivity index (χ3v) is 2.65. The molecule has 1 heteroatoms. The molecule has 0 bridgehead atoms. The second-order valence-corrected chi connectivity index (χ2v) is 3.82. The highest BCUT2D eigenvalue weighted by Gasteiger charge is 2.14. The van der Waals surface area contributed by atoms with E-state index in [2.05, 4.69) is 6.08 Å². The average Bonchev–Trinajstić information content (AvgIpc) is 2.71. The van der Waals surface area contributed by atoms with Gasteiger partial charge in [0.1, 0.15) is 0 Å². The SMILES string of the molecule is Cc1ccc(C(=O)C2=CCCC2)cc1. The molecule has 0 radical (unpaired) electrons. The van der Waals surface area contributed by atoms with Crippen LogP contribution in [0.2, 0.25) is 0 Å². The lowest BCUT2D eigenvalue weighted by Gasteiger charge is -2.01. The van der Waals surface area contributed by atoms with Crippen LogP contribution in [-0.2, 0) is 0 Å². The Morgan fingerprint density at radius 1 is 1.21 bits per heavy atom. The van der Waals surface area contributed by atoms with Gasteiger partial charge >= 0.3 is 0 Å². The Morgan fingerprint density at radius 2 is 1.93 bits per heavy atom. The highest BCUT2D eigenvalue weighted by molar-refractivity contribution is 6.08. The fraction of sp³-hybridized carbons (Fsp3) is 0.308. The first kappa shape index (κ1) is 9.20. The van der Waals surface area contributed by atoms with E-state index in [4.69, 9.17) is 0 Å². The van der Waals surface area contributed by atoms with Gasteiger partial charge in [0.25, 0.3) is 0 Å². The van der Waals surface area contributed by atoms with Crippen LogP contribution in [0.3, 0.4) is 0 Å². The number of rotatable bonds is 2. The summed E-state index contributed by atoms with van der Waals surface area (Å²) in [5, 5.41) is 0. The maximum Gasteiger partial charge on any atom is 0.188 e. The monoisotopic (exact) mass is 186 g/mol. The molecule has 14 heavy (non-hydrogen) atoms. The zero-order chi connectivity index (χ0) is 9.97. The first-order valence-electron chi connectivity index (χ1n) is 5.08. The molecule has 0 spiro atoms. The number of carbonyl (C=O) groups excluding carboxylic acids is 1. The normalized spacial score (nSPS) is 15.4. The minimum Gasteiger partial charge on any atom is -0.289 e. The fourth-order valence-corrected chi connectivity index (χ4v) is 1.77. The lowest BCUT2D eigenvalue weighted by atomic mass is 10.0. The van der Waals surface area contributed by atoms with Crippen LogP contribution in [0.1, 0.15) is 35.2 Å². The lowest BCUT2D eigenvalue weighted by Crippen LogP contribution is -2.01. The number of hydrogen-bond acceptors (Lipinski definition) is 1. The van der Waals surface area contributed by atoms with Crippen LogP contribution in [0.5, 0.6) is 0 Å². The predicted molar refractivity (Wildman–Crippen MR) is 57.4 cm³/mol. The van der Waals surface area contributed by atoms with Gasteiger partial charge in [0.2, 0.25) is 0 Å². The summed E-state index contributed by atoms with van der Waals surface area (Å²) in [6, 6.07) is 7.80. The largest absolute Gasteiger partial charge is 0.289 e. The van der Waals surface area contributed by atoms with E-state index in [0.717, 1.165) is 30.4 Å². The molecule has 0 saturated carbocycles. The molecule has 0 unspecified atom stereocenters. The summed E-state index contributed by atoms with van der Waals surface area (Å²) in [5.41, 5.74) is 3.01. The van der Waals surface area contributed by atoms with Gasteiger partial charge in [-0.05, 0) is 31.8 Å². The molecule has 72 valence electrons. The number of hydrogen-bond donors (Lipinski definition) is 0. The van der Waals surface area contributed by atoms with Gasteiger partial charge in [0.15, 0.2) is 5.78 Å². The minimum atomic E-state index is 0.211. The Hall–Kier alpha value is -1.37. The number of ketones is 1.